The fourth-order valence-corrected chi connectivity index (χ4v) is 1.47. The lowest BCUT2D eigenvalue weighted by atomic mass is 10.2. The highest BCUT2D eigenvalue weighted by Gasteiger charge is 2.11. The summed E-state index contributed by atoms with van der Waals surface area (Å²) in [5.74, 6) is 0.774. The molecule has 0 spiro atoms. The summed E-state index contributed by atoms with van der Waals surface area (Å²) >= 11 is 5.63. The average Bonchev–Trinajstić information content (AvgIpc) is 1.87. The maximum absolute atomic E-state index is 5.63. The molecule has 3 heteroatoms. The fourth-order valence-electron chi connectivity index (χ4n) is 1.36. The number of halogens is 1. The van der Waals surface area contributed by atoms with Crippen LogP contribution in [-0.2, 0) is 0 Å². The van der Waals surface area contributed by atoms with Crippen LogP contribution in [0.1, 0.15) is 34.1 Å². The molecule has 0 N–H and O–H groups in total. The van der Waals surface area contributed by atoms with Crippen LogP contribution in [0.25, 0.3) is 0 Å². The lowest BCUT2D eigenvalue weighted by Gasteiger charge is -2.30. The van der Waals surface area contributed by atoms with Gasteiger partial charge in [0.1, 0.15) is 0 Å². The number of hydrogen-bond acceptors (Lipinski definition) is 1. The van der Waals surface area contributed by atoms with Crippen LogP contribution in [0.15, 0.2) is 0 Å². The molecule has 0 bridgehead atoms. The van der Waals surface area contributed by atoms with Crippen LogP contribution >= 0.6 is 11.6 Å². The van der Waals surface area contributed by atoms with Gasteiger partial charge in [0.25, 0.3) is 0 Å². The van der Waals surface area contributed by atoms with E-state index in [2.05, 4.69) is 32.6 Å². The SMILES string of the molecule is CC(C)N(CCCCl)C(C)C.[MgH2]. The molecule has 1 nitrogen and oxygen atoms in total. The molecule has 12 heavy (non-hydrogen) atoms. The Morgan fingerprint density at radius 1 is 1.08 bits per heavy atom. The van der Waals surface area contributed by atoms with E-state index in [9.17, 15) is 0 Å². The smallest absolute Gasteiger partial charge is 0.298 e. The molecule has 0 saturated carbocycles. The average molecular weight is 204 g/mol. The summed E-state index contributed by atoms with van der Waals surface area (Å²) < 4.78 is 0. The minimum absolute atomic E-state index is 0. The van der Waals surface area contributed by atoms with Gasteiger partial charge in [0.2, 0.25) is 0 Å². The largest absolute Gasteiger partial charge is 0.316 e. The van der Waals surface area contributed by atoms with Crippen molar-refractivity contribution in [3.8, 4) is 0 Å². The van der Waals surface area contributed by atoms with Gasteiger partial charge in [-0.15, -0.1) is 11.6 Å². The molecule has 0 heterocycles. The number of nitrogens with zero attached hydrogens (tertiary/aromatic N) is 1. The molecule has 0 aliphatic heterocycles. The summed E-state index contributed by atoms with van der Waals surface area (Å²) in [5.41, 5.74) is 0. The molecule has 0 fully saturated rings. The van der Waals surface area contributed by atoms with Gasteiger partial charge in [0.05, 0.1) is 0 Å². The van der Waals surface area contributed by atoms with E-state index in [4.69, 9.17) is 11.6 Å². The molecule has 0 amide bonds. The second-order valence-electron chi connectivity index (χ2n) is 3.47. The van der Waals surface area contributed by atoms with Gasteiger partial charge in [0.15, 0.2) is 0 Å². The normalized spacial score (nSPS) is 11.0. The minimum Gasteiger partial charge on any atom is -0.298 e. The number of rotatable bonds is 5. The summed E-state index contributed by atoms with van der Waals surface area (Å²) in [4.78, 5) is 2.46. The third kappa shape index (κ3) is 6.52. The molecule has 0 saturated heterocycles. The second kappa shape index (κ2) is 8.61. The summed E-state index contributed by atoms with van der Waals surface area (Å²) in [6, 6.07) is 1.27. The molecule has 0 rings (SSSR count). The van der Waals surface area contributed by atoms with Gasteiger partial charge >= 0.3 is 23.1 Å². The van der Waals surface area contributed by atoms with Crippen LogP contribution in [0.3, 0.4) is 0 Å². The van der Waals surface area contributed by atoms with Crippen molar-refractivity contribution in [2.45, 2.75) is 46.2 Å². The van der Waals surface area contributed by atoms with E-state index in [0.29, 0.717) is 12.1 Å². The Balaban J connectivity index is 0. The maximum Gasteiger partial charge on any atom is 0.316 e. The molecule has 0 atom stereocenters. The molecule has 0 aromatic carbocycles. The molecule has 0 radical (unpaired) electrons. The van der Waals surface area contributed by atoms with Crippen LogP contribution in [0.2, 0.25) is 0 Å². The van der Waals surface area contributed by atoms with E-state index >= 15 is 0 Å². The van der Waals surface area contributed by atoms with E-state index in [1.165, 1.54) is 0 Å². The van der Waals surface area contributed by atoms with E-state index < -0.39 is 0 Å². The number of hydrogen-bond donors (Lipinski definition) is 0. The van der Waals surface area contributed by atoms with Crippen LogP contribution < -0.4 is 0 Å². The lowest BCUT2D eigenvalue weighted by molar-refractivity contribution is 0.176. The zero-order valence-corrected chi connectivity index (χ0v) is 8.86. The second-order valence-corrected chi connectivity index (χ2v) is 3.85. The van der Waals surface area contributed by atoms with Gasteiger partial charge in [-0.05, 0) is 40.7 Å². The highest BCUT2D eigenvalue weighted by Crippen LogP contribution is 2.05. The molecular formula is C9H22ClMgN. The zero-order chi connectivity index (χ0) is 8.85. The van der Waals surface area contributed by atoms with E-state index in [1.807, 2.05) is 0 Å². The summed E-state index contributed by atoms with van der Waals surface area (Å²) in [6.07, 6.45) is 1.10. The highest BCUT2D eigenvalue weighted by atomic mass is 35.5. The highest BCUT2D eigenvalue weighted by molar-refractivity contribution is 6.17. The maximum atomic E-state index is 5.63. The molecule has 0 aliphatic rings. The van der Waals surface area contributed by atoms with Gasteiger partial charge in [-0.2, -0.15) is 0 Å². The number of alkyl halides is 1. The van der Waals surface area contributed by atoms with Crippen molar-refractivity contribution >= 4 is 34.7 Å². The van der Waals surface area contributed by atoms with E-state index in [-0.39, 0.29) is 23.1 Å². The first kappa shape index (κ1) is 15.5. The first-order chi connectivity index (χ1) is 5.09. The van der Waals surface area contributed by atoms with Gasteiger partial charge in [-0.25, -0.2) is 0 Å². The molecule has 72 valence electrons. The van der Waals surface area contributed by atoms with Crippen molar-refractivity contribution in [3.63, 3.8) is 0 Å². The third-order valence-corrected chi connectivity index (χ3v) is 2.14. The Kier molecular flexibility index (Phi) is 11.1. The van der Waals surface area contributed by atoms with E-state index in [1.54, 1.807) is 0 Å². The topological polar surface area (TPSA) is 3.24 Å². The quantitative estimate of drug-likeness (QED) is 0.487. The Labute approximate surface area is 98.0 Å². The monoisotopic (exact) mass is 203 g/mol. The predicted octanol–water partition coefficient (Wildman–Crippen LogP) is 1.82. The molecular weight excluding hydrogens is 182 g/mol. The molecule has 0 aromatic heterocycles. The van der Waals surface area contributed by atoms with Crippen molar-refractivity contribution in [3.05, 3.63) is 0 Å². The summed E-state index contributed by atoms with van der Waals surface area (Å²) in [7, 11) is 0. The molecule has 0 unspecified atom stereocenters. The zero-order valence-electron chi connectivity index (χ0n) is 8.10. The summed E-state index contributed by atoms with van der Waals surface area (Å²) in [6.45, 7) is 10.0. The van der Waals surface area contributed by atoms with Crippen molar-refractivity contribution < 1.29 is 0 Å². The standard InChI is InChI=1S/C9H20ClN.Mg.2H/c1-8(2)11(9(3)4)7-5-6-10;;;/h8-9H,5-7H2,1-4H3;;;. The van der Waals surface area contributed by atoms with Gasteiger partial charge < -0.3 is 0 Å². The molecule has 0 aliphatic carbocycles. The van der Waals surface area contributed by atoms with Crippen molar-refractivity contribution in [2.75, 3.05) is 12.4 Å². The first-order valence-corrected chi connectivity index (χ1v) is 4.94. The van der Waals surface area contributed by atoms with Crippen LogP contribution in [0.5, 0.6) is 0 Å². The van der Waals surface area contributed by atoms with Gasteiger partial charge in [-0.1, -0.05) is 0 Å². The van der Waals surface area contributed by atoms with Crippen LogP contribution in [0.4, 0.5) is 0 Å². The lowest BCUT2D eigenvalue weighted by Crippen LogP contribution is -2.37. The van der Waals surface area contributed by atoms with Crippen molar-refractivity contribution in [2.24, 2.45) is 0 Å². The van der Waals surface area contributed by atoms with Gasteiger partial charge in [0, 0.05) is 18.0 Å². The van der Waals surface area contributed by atoms with E-state index in [0.717, 1.165) is 18.8 Å². The fraction of sp³-hybridized carbons (Fsp3) is 1.00. The van der Waals surface area contributed by atoms with Crippen molar-refractivity contribution in [1.29, 1.82) is 0 Å². The predicted molar refractivity (Wildman–Crippen MR) is 60.9 cm³/mol. The van der Waals surface area contributed by atoms with Gasteiger partial charge in [-0.3, -0.25) is 4.90 Å². The van der Waals surface area contributed by atoms with Crippen LogP contribution in [-0.4, -0.2) is 52.5 Å². The Hall–Kier alpha value is 1.02. The minimum atomic E-state index is 0. The van der Waals surface area contributed by atoms with Crippen LogP contribution in [0, 0.1) is 0 Å². The first-order valence-electron chi connectivity index (χ1n) is 4.41. The van der Waals surface area contributed by atoms with Crippen molar-refractivity contribution in [1.82, 2.24) is 4.90 Å². The Bertz CT molecular complexity index is 88.5. The Morgan fingerprint density at radius 2 is 1.50 bits per heavy atom. The molecule has 0 aromatic rings. The summed E-state index contributed by atoms with van der Waals surface area (Å²) in [5, 5.41) is 0. The Morgan fingerprint density at radius 3 is 1.75 bits per heavy atom. The third-order valence-electron chi connectivity index (χ3n) is 1.88.